The summed E-state index contributed by atoms with van der Waals surface area (Å²) >= 11 is 3.27. The Morgan fingerprint density at radius 2 is 2.13 bits per heavy atom. The van der Waals surface area contributed by atoms with Gasteiger partial charge in [-0.3, -0.25) is 4.79 Å². The van der Waals surface area contributed by atoms with Crippen molar-refractivity contribution in [3.8, 4) is 5.88 Å². The van der Waals surface area contributed by atoms with E-state index in [4.69, 9.17) is 15.0 Å². The summed E-state index contributed by atoms with van der Waals surface area (Å²) in [5, 5.41) is 4.02. The molecule has 2 heterocycles. The number of anilines is 1. The Kier molecular flexibility index (Phi) is 6.71. The Labute approximate surface area is 183 Å². The normalized spacial score (nSPS) is 11.9. The number of carbonyl (C=O) groups excluding carboxylic acids is 1. The Hall–Kier alpha value is -2.94. The molecule has 0 aliphatic rings. The summed E-state index contributed by atoms with van der Waals surface area (Å²) in [6.45, 7) is 6.14. The minimum absolute atomic E-state index is 0.144. The van der Waals surface area contributed by atoms with Crippen LogP contribution < -0.4 is 10.5 Å². The van der Waals surface area contributed by atoms with Crippen LogP contribution in [0.1, 0.15) is 52.9 Å². The average molecular weight is 474 g/mol. The van der Waals surface area contributed by atoms with Crippen LogP contribution in [0.15, 0.2) is 39.6 Å². The van der Waals surface area contributed by atoms with Gasteiger partial charge < -0.3 is 19.9 Å². The third-order valence-electron chi connectivity index (χ3n) is 4.60. The first-order valence-corrected chi connectivity index (χ1v) is 10.3. The first-order valence-electron chi connectivity index (χ1n) is 9.53. The molecule has 2 aromatic heterocycles. The fourth-order valence-corrected chi connectivity index (χ4v) is 3.27. The minimum Gasteiger partial charge on any atom is -0.467 e. The zero-order chi connectivity index (χ0) is 21.8. The zero-order valence-electron chi connectivity index (χ0n) is 17.3. The molecule has 9 heteroatoms. The molecule has 30 heavy (non-hydrogen) atoms. The van der Waals surface area contributed by atoms with Crippen molar-refractivity contribution < 1.29 is 14.1 Å². The number of halogens is 1. The molecular weight excluding hydrogens is 450 g/mol. The van der Waals surface area contributed by atoms with Crippen LogP contribution in [0.2, 0.25) is 0 Å². The fourth-order valence-electron chi connectivity index (χ4n) is 3.01. The summed E-state index contributed by atoms with van der Waals surface area (Å²) in [7, 11) is 1.73. The second-order valence-corrected chi connectivity index (χ2v) is 7.85. The van der Waals surface area contributed by atoms with Crippen LogP contribution in [0.5, 0.6) is 5.88 Å². The van der Waals surface area contributed by atoms with Crippen LogP contribution in [0.3, 0.4) is 0 Å². The van der Waals surface area contributed by atoms with E-state index in [0.29, 0.717) is 22.4 Å². The standard InChI is InChI=1S/C21H24BrN5O3/c1-5-15-9-14(26-30-15)11-27(4)21(28)16-7-6-12(2)8-17(16)13(3)29-20-19(23)24-10-18(22)25-20/h6-10,13H,5,11H2,1-4H3,(H2,23,24). The third-order valence-corrected chi connectivity index (χ3v) is 4.99. The summed E-state index contributed by atoms with van der Waals surface area (Å²) in [5.41, 5.74) is 8.87. The van der Waals surface area contributed by atoms with E-state index in [1.807, 2.05) is 39.0 Å². The highest BCUT2D eigenvalue weighted by molar-refractivity contribution is 9.10. The molecule has 158 valence electrons. The van der Waals surface area contributed by atoms with Crippen molar-refractivity contribution in [3.05, 3.63) is 63.2 Å². The Morgan fingerprint density at radius 1 is 1.37 bits per heavy atom. The summed E-state index contributed by atoms with van der Waals surface area (Å²) in [6.07, 6.45) is 1.78. The first-order chi connectivity index (χ1) is 14.3. The summed E-state index contributed by atoms with van der Waals surface area (Å²) in [5.74, 6) is 1.03. The van der Waals surface area contributed by atoms with Crippen molar-refractivity contribution in [2.75, 3.05) is 12.8 Å². The highest BCUT2D eigenvalue weighted by Gasteiger charge is 2.22. The van der Waals surface area contributed by atoms with E-state index in [1.165, 1.54) is 6.20 Å². The number of ether oxygens (including phenoxy) is 1. The molecule has 2 N–H and O–H groups in total. The van der Waals surface area contributed by atoms with Gasteiger partial charge in [-0.15, -0.1) is 0 Å². The predicted octanol–water partition coefficient (Wildman–Crippen LogP) is 4.09. The molecule has 8 nitrogen and oxygen atoms in total. The van der Waals surface area contributed by atoms with E-state index in [2.05, 4.69) is 31.1 Å². The molecule has 0 saturated heterocycles. The molecule has 0 fully saturated rings. The monoisotopic (exact) mass is 473 g/mol. The summed E-state index contributed by atoms with van der Waals surface area (Å²) in [6, 6.07) is 7.49. The second-order valence-electron chi connectivity index (χ2n) is 7.03. The third kappa shape index (κ3) is 4.96. The molecule has 3 aromatic rings. The quantitative estimate of drug-likeness (QED) is 0.550. The molecule has 1 atom stereocenters. The molecule has 0 spiro atoms. The first kappa shape index (κ1) is 21.8. The molecule has 0 aliphatic heterocycles. The van der Waals surface area contributed by atoms with Crippen LogP contribution in [0, 0.1) is 6.92 Å². The lowest BCUT2D eigenvalue weighted by molar-refractivity contribution is 0.0777. The average Bonchev–Trinajstić information content (AvgIpc) is 3.17. The van der Waals surface area contributed by atoms with Gasteiger partial charge in [0, 0.05) is 30.7 Å². The van der Waals surface area contributed by atoms with E-state index >= 15 is 0 Å². The topological polar surface area (TPSA) is 107 Å². The van der Waals surface area contributed by atoms with Crippen LogP contribution in [-0.4, -0.2) is 33.0 Å². The van der Waals surface area contributed by atoms with Gasteiger partial charge in [-0.1, -0.05) is 29.8 Å². The highest BCUT2D eigenvalue weighted by atomic mass is 79.9. The van der Waals surface area contributed by atoms with E-state index in [0.717, 1.165) is 23.3 Å². The zero-order valence-corrected chi connectivity index (χ0v) is 18.9. The molecule has 0 aliphatic carbocycles. The number of rotatable bonds is 7. The van der Waals surface area contributed by atoms with E-state index < -0.39 is 6.10 Å². The number of hydrogen-bond acceptors (Lipinski definition) is 7. The van der Waals surface area contributed by atoms with Gasteiger partial charge in [0.15, 0.2) is 5.82 Å². The molecule has 0 radical (unpaired) electrons. The largest absolute Gasteiger partial charge is 0.467 e. The Balaban J connectivity index is 1.84. The van der Waals surface area contributed by atoms with Crippen molar-refractivity contribution in [3.63, 3.8) is 0 Å². The lowest BCUT2D eigenvalue weighted by atomic mass is 9.99. The molecule has 1 amide bonds. The molecule has 0 bridgehead atoms. The lowest BCUT2D eigenvalue weighted by Crippen LogP contribution is -2.28. The van der Waals surface area contributed by atoms with Gasteiger partial charge in [0.1, 0.15) is 22.2 Å². The minimum atomic E-state index is -0.470. The Bertz CT molecular complexity index is 1050. The van der Waals surface area contributed by atoms with Gasteiger partial charge in [0.2, 0.25) is 0 Å². The molecule has 1 aromatic carbocycles. The van der Waals surface area contributed by atoms with Crippen molar-refractivity contribution in [1.29, 1.82) is 0 Å². The Morgan fingerprint density at radius 3 is 2.83 bits per heavy atom. The second kappa shape index (κ2) is 9.25. The van der Waals surface area contributed by atoms with Gasteiger partial charge in [0.05, 0.1) is 12.7 Å². The fraction of sp³-hybridized carbons (Fsp3) is 0.333. The van der Waals surface area contributed by atoms with Crippen LogP contribution in [-0.2, 0) is 13.0 Å². The maximum absolute atomic E-state index is 13.2. The number of amides is 1. The number of nitrogens with zero attached hydrogens (tertiary/aromatic N) is 4. The lowest BCUT2D eigenvalue weighted by Gasteiger charge is -2.22. The number of carbonyl (C=O) groups is 1. The van der Waals surface area contributed by atoms with E-state index in [-0.39, 0.29) is 17.6 Å². The summed E-state index contributed by atoms with van der Waals surface area (Å²) in [4.78, 5) is 23.1. The van der Waals surface area contributed by atoms with E-state index in [1.54, 1.807) is 18.0 Å². The van der Waals surface area contributed by atoms with Gasteiger partial charge in [-0.05, 0) is 35.8 Å². The number of aryl methyl sites for hydroxylation is 2. The van der Waals surface area contributed by atoms with Crippen LogP contribution in [0.4, 0.5) is 5.82 Å². The number of benzene rings is 1. The SMILES string of the molecule is CCc1cc(CN(C)C(=O)c2ccc(C)cc2C(C)Oc2nc(Br)cnc2N)no1. The summed E-state index contributed by atoms with van der Waals surface area (Å²) < 4.78 is 11.7. The van der Waals surface area contributed by atoms with Crippen LogP contribution >= 0.6 is 15.9 Å². The molecular formula is C21H24BrN5O3. The predicted molar refractivity (Wildman–Crippen MR) is 116 cm³/mol. The number of aromatic nitrogens is 3. The molecule has 0 saturated carbocycles. The van der Waals surface area contributed by atoms with Crippen LogP contribution in [0.25, 0.3) is 0 Å². The number of nitrogen functional groups attached to an aromatic ring is 1. The highest BCUT2D eigenvalue weighted by Crippen LogP contribution is 2.28. The van der Waals surface area contributed by atoms with Crippen molar-refractivity contribution in [2.45, 2.75) is 39.8 Å². The number of hydrogen-bond donors (Lipinski definition) is 1. The van der Waals surface area contributed by atoms with Gasteiger partial charge in [0.25, 0.3) is 11.8 Å². The molecule has 3 rings (SSSR count). The van der Waals surface area contributed by atoms with Gasteiger partial charge in [-0.2, -0.15) is 0 Å². The van der Waals surface area contributed by atoms with Crippen molar-refractivity contribution >= 4 is 27.7 Å². The maximum Gasteiger partial charge on any atom is 0.258 e. The smallest absolute Gasteiger partial charge is 0.258 e. The van der Waals surface area contributed by atoms with Gasteiger partial charge in [-0.25, -0.2) is 9.97 Å². The van der Waals surface area contributed by atoms with Crippen molar-refractivity contribution in [2.24, 2.45) is 0 Å². The van der Waals surface area contributed by atoms with E-state index in [9.17, 15) is 4.79 Å². The van der Waals surface area contributed by atoms with Gasteiger partial charge >= 0.3 is 0 Å². The maximum atomic E-state index is 13.2. The number of nitrogens with two attached hydrogens (primary N) is 1. The van der Waals surface area contributed by atoms with Crippen molar-refractivity contribution in [1.82, 2.24) is 20.0 Å². The molecule has 1 unspecified atom stereocenters.